The average molecular weight is 280 g/mol. The van der Waals surface area contributed by atoms with Crippen LogP contribution in [0.1, 0.15) is 0 Å². The molecule has 0 spiro atoms. The van der Waals surface area contributed by atoms with Crippen molar-refractivity contribution >= 4 is 11.8 Å². The molecule has 8 heteroatoms. The Kier molecular flexibility index (Phi) is 2.78. The van der Waals surface area contributed by atoms with Gasteiger partial charge in [-0.1, -0.05) is 0 Å². The third kappa shape index (κ3) is 2.15. The van der Waals surface area contributed by atoms with Crippen molar-refractivity contribution in [3.8, 4) is 5.75 Å². The number of nitrogens with zero attached hydrogens (tertiary/aromatic N) is 2. The number of nitro groups is 1. The number of halogens is 1. The van der Waals surface area contributed by atoms with Crippen LogP contribution in [0, 0.1) is 15.9 Å². The third-order valence-electron chi connectivity index (χ3n) is 3.01. The van der Waals surface area contributed by atoms with E-state index in [9.17, 15) is 19.3 Å². The van der Waals surface area contributed by atoms with E-state index in [1.807, 2.05) is 0 Å². The van der Waals surface area contributed by atoms with E-state index in [1.165, 1.54) is 4.90 Å². The first kappa shape index (κ1) is 12.4. The molecule has 1 unspecified atom stereocenters. The minimum atomic E-state index is -0.750. The Balaban J connectivity index is 1.78. The average Bonchev–Trinajstić information content (AvgIpc) is 2.91. The molecule has 2 aliphatic rings. The van der Waals surface area contributed by atoms with E-state index in [0.717, 1.165) is 18.2 Å². The van der Waals surface area contributed by atoms with E-state index in [-0.39, 0.29) is 24.6 Å². The molecule has 3 rings (SSSR count). The summed E-state index contributed by atoms with van der Waals surface area (Å²) < 4.78 is 23.5. The molecule has 1 atom stereocenters. The first-order chi connectivity index (χ1) is 9.52. The molecule has 1 amide bonds. The summed E-state index contributed by atoms with van der Waals surface area (Å²) in [7, 11) is 0. The lowest BCUT2D eigenvalue weighted by atomic mass is 10.3. The number of benzene rings is 1. The largest absolute Gasteiger partial charge is 0.484 e. The Morgan fingerprint density at radius 2 is 2.25 bits per heavy atom. The fourth-order valence-corrected chi connectivity index (χ4v) is 2.15. The minimum Gasteiger partial charge on any atom is -0.484 e. The van der Waals surface area contributed by atoms with Crippen molar-refractivity contribution in [3.05, 3.63) is 45.9 Å². The summed E-state index contributed by atoms with van der Waals surface area (Å²) in [5, 5.41) is 10.6. The summed E-state index contributed by atoms with van der Waals surface area (Å²) in [6.07, 6.45) is 0.758. The minimum absolute atomic E-state index is 0.0492. The molecule has 20 heavy (non-hydrogen) atoms. The van der Waals surface area contributed by atoms with Crippen molar-refractivity contribution in [3.63, 3.8) is 0 Å². The topological polar surface area (TPSA) is 81.9 Å². The second-order valence-corrected chi connectivity index (χ2v) is 4.38. The Labute approximate surface area is 112 Å². The van der Waals surface area contributed by atoms with Crippen LogP contribution in [-0.2, 0) is 4.74 Å². The highest BCUT2D eigenvalue weighted by Crippen LogP contribution is 2.28. The molecule has 0 N–H and O–H groups in total. The predicted molar refractivity (Wildman–Crippen MR) is 63.6 cm³/mol. The highest BCUT2D eigenvalue weighted by Gasteiger charge is 2.35. The molecule has 0 aliphatic carbocycles. The fraction of sp³-hybridized carbons (Fsp3) is 0.250. The van der Waals surface area contributed by atoms with Crippen LogP contribution in [-0.4, -0.2) is 35.2 Å². The second-order valence-electron chi connectivity index (χ2n) is 4.38. The summed E-state index contributed by atoms with van der Waals surface area (Å²) in [5.74, 6) is -0.701. The molecule has 1 fully saturated rings. The van der Waals surface area contributed by atoms with Gasteiger partial charge in [-0.2, -0.15) is 0 Å². The fourth-order valence-electron chi connectivity index (χ4n) is 2.15. The number of non-ortho nitro benzene ring substituents is 1. The number of amides is 1. The van der Waals surface area contributed by atoms with E-state index in [2.05, 4.69) is 0 Å². The van der Waals surface area contributed by atoms with E-state index in [1.54, 1.807) is 6.08 Å². The SMILES string of the molecule is O=C1OCC2=CC(Oc3cc(F)cc([N+](=O)[O-])c3)CN12. The van der Waals surface area contributed by atoms with Gasteiger partial charge in [-0.3, -0.25) is 15.0 Å². The van der Waals surface area contributed by atoms with Gasteiger partial charge in [0.1, 0.15) is 24.3 Å². The molecular formula is C12H9FN2O5. The monoisotopic (exact) mass is 280 g/mol. The lowest BCUT2D eigenvalue weighted by molar-refractivity contribution is -0.385. The van der Waals surface area contributed by atoms with Crippen LogP contribution in [0.15, 0.2) is 30.0 Å². The van der Waals surface area contributed by atoms with Gasteiger partial charge >= 0.3 is 6.09 Å². The number of carbonyl (C=O) groups is 1. The summed E-state index contributed by atoms with van der Waals surface area (Å²) in [6, 6.07) is 3.02. The van der Waals surface area contributed by atoms with Crippen molar-refractivity contribution in [2.24, 2.45) is 0 Å². The Morgan fingerprint density at radius 3 is 2.95 bits per heavy atom. The Morgan fingerprint density at radius 1 is 1.45 bits per heavy atom. The number of rotatable bonds is 3. The van der Waals surface area contributed by atoms with Crippen molar-refractivity contribution in [2.75, 3.05) is 13.2 Å². The number of ether oxygens (including phenoxy) is 2. The van der Waals surface area contributed by atoms with Gasteiger partial charge in [-0.25, -0.2) is 9.18 Å². The van der Waals surface area contributed by atoms with Gasteiger partial charge in [0.05, 0.1) is 29.3 Å². The smallest absolute Gasteiger partial charge is 0.414 e. The maximum atomic E-state index is 13.3. The zero-order chi connectivity index (χ0) is 14.3. The van der Waals surface area contributed by atoms with Crippen LogP contribution in [0.4, 0.5) is 14.9 Å². The molecular weight excluding hydrogens is 271 g/mol. The van der Waals surface area contributed by atoms with Gasteiger partial charge in [-0.15, -0.1) is 0 Å². The van der Waals surface area contributed by atoms with E-state index < -0.39 is 22.9 Å². The summed E-state index contributed by atoms with van der Waals surface area (Å²) in [4.78, 5) is 22.7. The molecule has 0 radical (unpaired) electrons. The van der Waals surface area contributed by atoms with Gasteiger partial charge < -0.3 is 9.47 Å². The van der Waals surface area contributed by atoms with Crippen molar-refractivity contribution < 1.29 is 23.6 Å². The normalized spacial score (nSPS) is 20.4. The van der Waals surface area contributed by atoms with Crippen molar-refractivity contribution in [1.29, 1.82) is 0 Å². The van der Waals surface area contributed by atoms with Crippen LogP contribution in [0.5, 0.6) is 5.75 Å². The standard InChI is InChI=1S/C12H9FN2O5/c13-7-1-8(15(17)18)3-10(2-7)20-11-4-9-6-19-12(16)14(9)5-11/h1-4,11H,5-6H2. The van der Waals surface area contributed by atoms with Crippen LogP contribution < -0.4 is 4.74 Å². The quantitative estimate of drug-likeness (QED) is 0.623. The van der Waals surface area contributed by atoms with E-state index in [4.69, 9.17) is 9.47 Å². The molecule has 0 aromatic heterocycles. The molecule has 1 aromatic rings. The lowest BCUT2D eigenvalue weighted by Crippen LogP contribution is -2.28. The Hall–Kier alpha value is -2.64. The highest BCUT2D eigenvalue weighted by atomic mass is 19.1. The van der Waals surface area contributed by atoms with E-state index >= 15 is 0 Å². The van der Waals surface area contributed by atoms with Gasteiger partial charge in [-0.05, 0) is 6.08 Å². The molecule has 1 saturated heterocycles. The summed E-state index contributed by atoms with van der Waals surface area (Å²) >= 11 is 0. The molecule has 0 bridgehead atoms. The lowest BCUT2D eigenvalue weighted by Gasteiger charge is -2.14. The van der Waals surface area contributed by atoms with Gasteiger partial charge in [0, 0.05) is 6.07 Å². The molecule has 0 saturated carbocycles. The molecule has 104 valence electrons. The number of hydrogen-bond donors (Lipinski definition) is 0. The number of cyclic esters (lactones) is 1. The van der Waals surface area contributed by atoms with Crippen LogP contribution in [0.2, 0.25) is 0 Å². The Bertz CT molecular complexity index is 630. The zero-order valence-electron chi connectivity index (χ0n) is 10.1. The summed E-state index contributed by atoms with van der Waals surface area (Å²) in [5.41, 5.74) is 0.302. The maximum Gasteiger partial charge on any atom is 0.414 e. The van der Waals surface area contributed by atoms with Gasteiger partial charge in [0.15, 0.2) is 0 Å². The summed E-state index contributed by atoms with van der Waals surface area (Å²) in [6.45, 7) is 0.431. The molecule has 2 heterocycles. The highest BCUT2D eigenvalue weighted by molar-refractivity contribution is 5.74. The van der Waals surface area contributed by atoms with Crippen molar-refractivity contribution in [2.45, 2.75) is 6.10 Å². The molecule has 7 nitrogen and oxygen atoms in total. The zero-order valence-corrected chi connectivity index (χ0v) is 10.1. The number of fused-ring (bicyclic) bond motifs is 1. The first-order valence-corrected chi connectivity index (χ1v) is 5.79. The van der Waals surface area contributed by atoms with Crippen molar-refractivity contribution in [1.82, 2.24) is 4.90 Å². The van der Waals surface area contributed by atoms with E-state index in [0.29, 0.717) is 5.70 Å². The van der Waals surface area contributed by atoms with Gasteiger partial charge in [0.2, 0.25) is 0 Å². The molecule has 2 aliphatic heterocycles. The van der Waals surface area contributed by atoms with Gasteiger partial charge in [0.25, 0.3) is 5.69 Å². The first-order valence-electron chi connectivity index (χ1n) is 5.79. The number of carbonyl (C=O) groups excluding carboxylic acids is 1. The third-order valence-corrected chi connectivity index (χ3v) is 3.01. The number of hydrogen-bond acceptors (Lipinski definition) is 5. The predicted octanol–water partition coefficient (Wildman–Crippen LogP) is 1.83. The number of nitro benzene ring substituents is 1. The van der Waals surface area contributed by atoms with Crippen LogP contribution in [0.3, 0.4) is 0 Å². The van der Waals surface area contributed by atoms with Crippen LogP contribution in [0.25, 0.3) is 0 Å². The maximum absolute atomic E-state index is 13.3. The molecule has 1 aromatic carbocycles. The second kappa shape index (κ2) is 4.48. The van der Waals surface area contributed by atoms with Crippen LogP contribution >= 0.6 is 0 Å².